The number of fused-ring (bicyclic) bond motifs is 1. The molecule has 0 atom stereocenters. The van der Waals surface area contributed by atoms with Gasteiger partial charge in [0.05, 0.1) is 16.4 Å². The van der Waals surface area contributed by atoms with Crippen molar-refractivity contribution in [1.29, 1.82) is 0 Å². The molecule has 0 saturated carbocycles. The van der Waals surface area contributed by atoms with Crippen molar-refractivity contribution in [3.05, 3.63) is 80.3 Å². The zero-order chi connectivity index (χ0) is 20.5. The van der Waals surface area contributed by atoms with Gasteiger partial charge in [-0.15, -0.1) is 0 Å². The Morgan fingerprint density at radius 3 is 2.69 bits per heavy atom. The summed E-state index contributed by atoms with van der Waals surface area (Å²) in [6, 6.07) is 14.6. The SMILES string of the molecule is Cc1cccc(Cl)c1NC(=O)Cn1ncn2nc(-c3ccc(Br)cc3)cc2c1=O. The molecule has 2 aromatic heterocycles. The molecule has 4 rings (SSSR count). The van der Waals surface area contributed by atoms with Crippen LogP contribution in [-0.2, 0) is 11.3 Å². The van der Waals surface area contributed by atoms with Crippen molar-refractivity contribution in [2.45, 2.75) is 13.5 Å². The molecule has 0 aliphatic rings. The minimum Gasteiger partial charge on any atom is -0.323 e. The molecule has 0 aliphatic carbocycles. The average molecular weight is 473 g/mol. The van der Waals surface area contributed by atoms with Crippen molar-refractivity contribution in [2.24, 2.45) is 0 Å². The molecular formula is C20H15BrClN5O2. The molecule has 0 fully saturated rings. The van der Waals surface area contributed by atoms with Gasteiger partial charge in [-0.1, -0.05) is 51.8 Å². The second kappa shape index (κ2) is 7.81. The van der Waals surface area contributed by atoms with Gasteiger partial charge >= 0.3 is 0 Å². The molecule has 2 aromatic carbocycles. The number of amides is 1. The number of rotatable bonds is 4. The van der Waals surface area contributed by atoms with E-state index in [-0.39, 0.29) is 6.54 Å². The van der Waals surface area contributed by atoms with Crippen molar-refractivity contribution in [2.75, 3.05) is 5.32 Å². The van der Waals surface area contributed by atoms with Crippen molar-refractivity contribution in [3.8, 4) is 11.3 Å². The van der Waals surface area contributed by atoms with E-state index in [1.54, 1.807) is 18.2 Å². The molecule has 0 radical (unpaired) electrons. The van der Waals surface area contributed by atoms with Gasteiger partial charge < -0.3 is 5.32 Å². The summed E-state index contributed by atoms with van der Waals surface area (Å²) in [5, 5.41) is 11.6. The molecule has 146 valence electrons. The predicted octanol–water partition coefficient (Wildman–Crippen LogP) is 3.92. The first-order valence-electron chi connectivity index (χ1n) is 8.69. The highest BCUT2D eigenvalue weighted by Gasteiger charge is 2.14. The molecule has 1 amide bonds. The summed E-state index contributed by atoms with van der Waals surface area (Å²) in [5.41, 5.74) is 2.79. The number of carbonyl (C=O) groups excluding carboxylic acids is 1. The van der Waals surface area contributed by atoms with Crippen LogP contribution in [0, 0.1) is 6.92 Å². The molecular weight excluding hydrogens is 458 g/mol. The van der Waals surface area contributed by atoms with E-state index in [1.807, 2.05) is 37.3 Å². The number of nitrogens with zero attached hydrogens (tertiary/aromatic N) is 4. The number of halogens is 2. The van der Waals surface area contributed by atoms with E-state index in [1.165, 1.54) is 10.8 Å². The molecule has 9 heteroatoms. The third-order valence-electron chi connectivity index (χ3n) is 4.41. The Balaban J connectivity index is 1.61. The Labute approximate surface area is 179 Å². The number of nitrogens with one attached hydrogen (secondary N) is 1. The lowest BCUT2D eigenvalue weighted by Crippen LogP contribution is -2.30. The van der Waals surface area contributed by atoms with Gasteiger partial charge in [0.2, 0.25) is 5.91 Å². The molecule has 29 heavy (non-hydrogen) atoms. The monoisotopic (exact) mass is 471 g/mol. The predicted molar refractivity (Wildman–Crippen MR) is 115 cm³/mol. The number of para-hydroxylation sites is 1. The Bertz CT molecular complexity index is 1260. The van der Waals surface area contributed by atoms with Gasteiger partial charge in [-0.3, -0.25) is 9.59 Å². The maximum absolute atomic E-state index is 12.8. The van der Waals surface area contributed by atoms with Gasteiger partial charge in [0.15, 0.2) is 0 Å². The first-order chi connectivity index (χ1) is 13.9. The lowest BCUT2D eigenvalue weighted by atomic mass is 10.1. The van der Waals surface area contributed by atoms with E-state index < -0.39 is 11.5 Å². The Kier molecular flexibility index (Phi) is 5.21. The highest BCUT2D eigenvalue weighted by atomic mass is 79.9. The third kappa shape index (κ3) is 3.94. The lowest BCUT2D eigenvalue weighted by Gasteiger charge is -2.10. The highest BCUT2D eigenvalue weighted by molar-refractivity contribution is 9.10. The number of hydrogen-bond donors (Lipinski definition) is 1. The summed E-state index contributed by atoms with van der Waals surface area (Å²) in [7, 11) is 0. The molecule has 7 nitrogen and oxygen atoms in total. The van der Waals surface area contributed by atoms with Gasteiger partial charge in [-0.05, 0) is 36.8 Å². The fourth-order valence-electron chi connectivity index (χ4n) is 2.92. The fourth-order valence-corrected chi connectivity index (χ4v) is 3.45. The summed E-state index contributed by atoms with van der Waals surface area (Å²) in [6.07, 6.45) is 1.41. The Morgan fingerprint density at radius 2 is 1.97 bits per heavy atom. The first kappa shape index (κ1) is 19.4. The van der Waals surface area contributed by atoms with Crippen LogP contribution in [0.2, 0.25) is 5.02 Å². The van der Waals surface area contributed by atoms with Crippen LogP contribution in [0.1, 0.15) is 5.56 Å². The molecule has 4 aromatic rings. The maximum atomic E-state index is 12.8. The van der Waals surface area contributed by atoms with Crippen LogP contribution in [0.25, 0.3) is 16.8 Å². The zero-order valence-corrected chi connectivity index (χ0v) is 17.6. The normalized spacial score (nSPS) is 11.0. The van der Waals surface area contributed by atoms with E-state index in [4.69, 9.17) is 11.6 Å². The largest absolute Gasteiger partial charge is 0.323 e. The topological polar surface area (TPSA) is 81.3 Å². The number of benzene rings is 2. The van der Waals surface area contributed by atoms with E-state index in [2.05, 4.69) is 31.4 Å². The molecule has 0 spiro atoms. The molecule has 0 bridgehead atoms. The highest BCUT2D eigenvalue weighted by Crippen LogP contribution is 2.25. The summed E-state index contributed by atoms with van der Waals surface area (Å²) in [4.78, 5) is 25.2. The van der Waals surface area contributed by atoms with Crippen LogP contribution in [0.3, 0.4) is 0 Å². The fraction of sp³-hybridized carbons (Fsp3) is 0.100. The van der Waals surface area contributed by atoms with Crippen molar-refractivity contribution < 1.29 is 4.79 Å². The van der Waals surface area contributed by atoms with Crippen LogP contribution in [0.15, 0.2) is 64.1 Å². The van der Waals surface area contributed by atoms with Crippen LogP contribution < -0.4 is 10.9 Å². The quantitative estimate of drug-likeness (QED) is 0.488. The van der Waals surface area contributed by atoms with E-state index in [9.17, 15) is 9.59 Å². The second-order valence-corrected chi connectivity index (χ2v) is 7.76. The van der Waals surface area contributed by atoms with Gasteiger partial charge in [0, 0.05) is 10.0 Å². The number of aryl methyl sites for hydroxylation is 1. The number of hydrogen-bond acceptors (Lipinski definition) is 4. The van der Waals surface area contributed by atoms with Crippen molar-refractivity contribution in [1.82, 2.24) is 19.4 Å². The standard InChI is InChI=1S/C20H15BrClN5O2/c1-12-3-2-4-15(22)19(12)24-18(28)10-26-20(29)17-9-16(25-27(17)11-23-26)13-5-7-14(21)8-6-13/h2-9,11H,10H2,1H3,(H,24,28). The second-order valence-electron chi connectivity index (χ2n) is 6.44. The van der Waals surface area contributed by atoms with E-state index in [0.29, 0.717) is 21.9 Å². The number of anilines is 1. The summed E-state index contributed by atoms with van der Waals surface area (Å²) < 4.78 is 3.46. The van der Waals surface area contributed by atoms with Crippen molar-refractivity contribution in [3.63, 3.8) is 0 Å². The minimum atomic E-state index is -0.408. The van der Waals surface area contributed by atoms with Crippen LogP contribution in [0.5, 0.6) is 0 Å². The number of carbonyl (C=O) groups is 1. The van der Waals surface area contributed by atoms with Crippen LogP contribution in [0.4, 0.5) is 5.69 Å². The van der Waals surface area contributed by atoms with Crippen LogP contribution >= 0.6 is 27.5 Å². The molecule has 2 heterocycles. The maximum Gasteiger partial charge on any atom is 0.293 e. The zero-order valence-electron chi connectivity index (χ0n) is 15.3. The average Bonchev–Trinajstić information content (AvgIpc) is 3.13. The summed E-state index contributed by atoms with van der Waals surface area (Å²) in [5.74, 6) is -0.396. The summed E-state index contributed by atoms with van der Waals surface area (Å²) in [6.45, 7) is 1.60. The molecule has 0 aliphatic heterocycles. The lowest BCUT2D eigenvalue weighted by molar-refractivity contribution is -0.117. The minimum absolute atomic E-state index is 0.237. The van der Waals surface area contributed by atoms with Gasteiger partial charge in [-0.2, -0.15) is 10.2 Å². The van der Waals surface area contributed by atoms with Gasteiger partial charge in [0.1, 0.15) is 18.4 Å². The molecule has 0 saturated heterocycles. The van der Waals surface area contributed by atoms with Gasteiger partial charge in [0.25, 0.3) is 5.56 Å². The van der Waals surface area contributed by atoms with Crippen molar-refractivity contribution >= 4 is 44.6 Å². The molecule has 0 unspecified atom stereocenters. The smallest absolute Gasteiger partial charge is 0.293 e. The third-order valence-corrected chi connectivity index (χ3v) is 5.25. The Morgan fingerprint density at radius 1 is 1.21 bits per heavy atom. The van der Waals surface area contributed by atoms with E-state index >= 15 is 0 Å². The number of aromatic nitrogens is 4. The van der Waals surface area contributed by atoms with E-state index in [0.717, 1.165) is 20.3 Å². The first-order valence-corrected chi connectivity index (χ1v) is 9.86. The Hall–Kier alpha value is -2.97. The summed E-state index contributed by atoms with van der Waals surface area (Å²) >= 11 is 9.54. The molecule has 1 N–H and O–H groups in total. The van der Waals surface area contributed by atoms with Crippen LogP contribution in [-0.4, -0.2) is 25.3 Å². The van der Waals surface area contributed by atoms with Gasteiger partial charge in [-0.25, -0.2) is 9.20 Å².